The number of carbonyl (C=O) groups is 2. The molecule has 2 amide bonds. The molecule has 10 heteroatoms. The van der Waals surface area contributed by atoms with Gasteiger partial charge in [-0.3, -0.25) is 0 Å². The molecular formula is C13H23ClN4O4S. The summed E-state index contributed by atoms with van der Waals surface area (Å²) in [5.74, 6) is 0. The van der Waals surface area contributed by atoms with Crippen LogP contribution >= 0.6 is 24.2 Å². The minimum atomic E-state index is -0.533. The first kappa shape index (κ1) is 21.4. The zero-order chi connectivity index (χ0) is 16.5. The molecule has 0 unspecified atom stereocenters. The molecule has 8 nitrogen and oxygen atoms in total. The number of nitrogens with zero attached hydrogens (tertiary/aromatic N) is 2. The van der Waals surface area contributed by atoms with Crippen LogP contribution in [0.15, 0.2) is 5.16 Å². The van der Waals surface area contributed by atoms with Crippen molar-refractivity contribution in [3.63, 3.8) is 0 Å². The highest BCUT2D eigenvalue weighted by Gasteiger charge is 2.19. The standard InChI is InChI=1S/C13H22N4O4S.ClH/c1-5-6-17-10(8-21-13(19)15-3)9(16-11(17)22-4)7-20-12(18)14-2;/h5-8H2,1-4H3,(H,14,18)(H,15,19);1H. The van der Waals surface area contributed by atoms with Crippen LogP contribution in [-0.4, -0.2) is 42.1 Å². The number of rotatable bonds is 7. The average molecular weight is 367 g/mol. The molecule has 1 heterocycles. The van der Waals surface area contributed by atoms with E-state index in [-0.39, 0.29) is 25.6 Å². The van der Waals surface area contributed by atoms with Gasteiger partial charge in [0.15, 0.2) is 5.16 Å². The summed E-state index contributed by atoms with van der Waals surface area (Å²) in [5, 5.41) is 5.57. The topological polar surface area (TPSA) is 94.5 Å². The van der Waals surface area contributed by atoms with Gasteiger partial charge in [-0.1, -0.05) is 18.7 Å². The zero-order valence-corrected chi connectivity index (χ0v) is 15.3. The van der Waals surface area contributed by atoms with Crippen LogP contribution in [-0.2, 0) is 29.2 Å². The number of hydrogen-bond donors (Lipinski definition) is 2. The Labute approximate surface area is 146 Å². The molecule has 0 bridgehead atoms. The summed E-state index contributed by atoms with van der Waals surface area (Å²) in [7, 11) is 2.98. The smallest absolute Gasteiger partial charge is 0.407 e. The molecule has 1 rings (SSSR count). The minimum Gasteiger partial charge on any atom is -0.443 e. The molecule has 0 aliphatic heterocycles. The number of ether oxygens (including phenoxy) is 2. The van der Waals surface area contributed by atoms with Gasteiger partial charge in [0.25, 0.3) is 0 Å². The van der Waals surface area contributed by atoms with E-state index in [4.69, 9.17) is 9.47 Å². The molecule has 0 atom stereocenters. The minimum absolute atomic E-state index is 0. The molecule has 0 saturated carbocycles. The van der Waals surface area contributed by atoms with Gasteiger partial charge in [-0.2, -0.15) is 0 Å². The third kappa shape index (κ3) is 6.19. The molecule has 0 aliphatic rings. The number of thioether (sulfide) groups is 1. The number of halogens is 1. The molecule has 132 valence electrons. The lowest BCUT2D eigenvalue weighted by Crippen LogP contribution is -2.21. The molecule has 1 aromatic heterocycles. The Kier molecular flexibility index (Phi) is 10.2. The molecule has 2 N–H and O–H groups in total. The molecule has 0 aliphatic carbocycles. The Hall–Kier alpha value is -1.61. The molecule has 1 aromatic rings. The molecular weight excluding hydrogens is 344 g/mol. The first-order valence-electron chi connectivity index (χ1n) is 6.88. The van der Waals surface area contributed by atoms with Crippen LogP contribution in [0.5, 0.6) is 0 Å². The van der Waals surface area contributed by atoms with Crippen LogP contribution < -0.4 is 10.6 Å². The lowest BCUT2D eigenvalue weighted by molar-refractivity contribution is 0.131. The van der Waals surface area contributed by atoms with E-state index in [1.54, 1.807) is 0 Å². The van der Waals surface area contributed by atoms with Gasteiger partial charge < -0.3 is 24.7 Å². The molecule has 0 spiro atoms. The average Bonchev–Trinajstić information content (AvgIpc) is 2.87. The molecule has 0 fully saturated rings. The van der Waals surface area contributed by atoms with Gasteiger partial charge in [0.05, 0.1) is 5.69 Å². The van der Waals surface area contributed by atoms with E-state index in [2.05, 4.69) is 15.6 Å². The third-order valence-corrected chi connectivity index (χ3v) is 3.52. The Morgan fingerprint density at radius 3 is 2.22 bits per heavy atom. The number of amides is 2. The summed E-state index contributed by atoms with van der Waals surface area (Å²) in [6.45, 7) is 2.89. The van der Waals surface area contributed by atoms with E-state index in [0.717, 1.165) is 23.8 Å². The molecule has 23 heavy (non-hydrogen) atoms. The number of carbonyl (C=O) groups excluding carboxylic acids is 2. The predicted molar refractivity (Wildman–Crippen MR) is 90.0 cm³/mol. The lowest BCUT2D eigenvalue weighted by Gasteiger charge is -2.11. The highest BCUT2D eigenvalue weighted by molar-refractivity contribution is 7.98. The van der Waals surface area contributed by atoms with Crippen LogP contribution in [0.3, 0.4) is 0 Å². The van der Waals surface area contributed by atoms with Crippen molar-refractivity contribution in [2.45, 2.75) is 38.3 Å². The molecule has 0 aromatic carbocycles. The predicted octanol–water partition coefficient (Wildman–Crippen LogP) is 2.15. The van der Waals surface area contributed by atoms with E-state index >= 15 is 0 Å². The van der Waals surface area contributed by atoms with Gasteiger partial charge in [-0.15, -0.1) is 12.4 Å². The first-order chi connectivity index (χ1) is 10.6. The van der Waals surface area contributed by atoms with Crippen LogP contribution in [0.2, 0.25) is 0 Å². The Morgan fingerprint density at radius 1 is 1.17 bits per heavy atom. The van der Waals surface area contributed by atoms with E-state index in [0.29, 0.717) is 5.69 Å². The first-order valence-corrected chi connectivity index (χ1v) is 8.11. The number of alkyl carbamates (subject to hydrolysis) is 2. The summed E-state index contributed by atoms with van der Waals surface area (Å²) in [6.07, 6.45) is 1.77. The number of aromatic nitrogens is 2. The van der Waals surface area contributed by atoms with Gasteiger partial charge >= 0.3 is 12.2 Å². The van der Waals surface area contributed by atoms with Crippen LogP contribution in [0.4, 0.5) is 9.59 Å². The summed E-state index contributed by atoms with van der Waals surface area (Å²) in [5.41, 5.74) is 1.32. The zero-order valence-electron chi connectivity index (χ0n) is 13.7. The van der Waals surface area contributed by atoms with Crippen LogP contribution in [0, 0.1) is 0 Å². The van der Waals surface area contributed by atoms with Gasteiger partial charge in [-0.05, 0) is 12.7 Å². The number of imidazole rings is 1. The fraction of sp³-hybridized carbons (Fsp3) is 0.615. The maximum atomic E-state index is 11.3. The highest BCUT2D eigenvalue weighted by atomic mass is 35.5. The maximum absolute atomic E-state index is 11.3. The SMILES string of the molecule is CCCn1c(SC)nc(COC(=O)NC)c1COC(=O)NC.Cl. The second kappa shape index (κ2) is 11.0. The van der Waals surface area contributed by atoms with Gasteiger partial charge in [0, 0.05) is 20.6 Å². The van der Waals surface area contributed by atoms with Crippen molar-refractivity contribution in [3.8, 4) is 0 Å². The quantitative estimate of drug-likeness (QED) is 0.718. The summed E-state index contributed by atoms with van der Waals surface area (Å²) in [4.78, 5) is 27.0. The van der Waals surface area contributed by atoms with E-state index in [1.165, 1.54) is 25.9 Å². The van der Waals surface area contributed by atoms with Crippen molar-refractivity contribution in [3.05, 3.63) is 11.4 Å². The normalized spacial score (nSPS) is 9.74. The molecule has 0 radical (unpaired) electrons. The van der Waals surface area contributed by atoms with Gasteiger partial charge in [0.1, 0.15) is 18.9 Å². The van der Waals surface area contributed by atoms with Crippen molar-refractivity contribution >= 4 is 36.4 Å². The van der Waals surface area contributed by atoms with Crippen molar-refractivity contribution in [2.24, 2.45) is 0 Å². The number of hydrogen-bond acceptors (Lipinski definition) is 6. The van der Waals surface area contributed by atoms with Crippen molar-refractivity contribution < 1.29 is 19.1 Å². The van der Waals surface area contributed by atoms with E-state index in [9.17, 15) is 9.59 Å². The van der Waals surface area contributed by atoms with Crippen molar-refractivity contribution in [1.82, 2.24) is 20.2 Å². The largest absolute Gasteiger partial charge is 0.443 e. The Morgan fingerprint density at radius 2 is 1.74 bits per heavy atom. The van der Waals surface area contributed by atoms with Crippen LogP contribution in [0.25, 0.3) is 0 Å². The van der Waals surface area contributed by atoms with Gasteiger partial charge in [-0.25, -0.2) is 14.6 Å². The number of nitrogens with one attached hydrogen (secondary N) is 2. The summed E-state index contributed by atoms with van der Waals surface area (Å²) in [6, 6.07) is 0. The fourth-order valence-electron chi connectivity index (χ4n) is 1.81. The third-order valence-electron chi connectivity index (χ3n) is 2.84. The van der Waals surface area contributed by atoms with Gasteiger partial charge in [0.2, 0.25) is 0 Å². The maximum Gasteiger partial charge on any atom is 0.407 e. The second-order valence-corrected chi connectivity index (χ2v) is 5.07. The Balaban J connectivity index is 0.00000484. The Bertz CT molecular complexity index is 524. The monoisotopic (exact) mass is 366 g/mol. The summed E-state index contributed by atoms with van der Waals surface area (Å²) < 4.78 is 12.2. The van der Waals surface area contributed by atoms with Crippen molar-refractivity contribution in [1.29, 1.82) is 0 Å². The van der Waals surface area contributed by atoms with E-state index < -0.39 is 12.2 Å². The summed E-state index contributed by atoms with van der Waals surface area (Å²) >= 11 is 1.49. The van der Waals surface area contributed by atoms with Crippen molar-refractivity contribution in [2.75, 3.05) is 20.4 Å². The second-order valence-electron chi connectivity index (χ2n) is 4.30. The van der Waals surface area contributed by atoms with Crippen LogP contribution in [0.1, 0.15) is 24.7 Å². The van der Waals surface area contributed by atoms with E-state index in [1.807, 2.05) is 17.7 Å². The highest BCUT2D eigenvalue weighted by Crippen LogP contribution is 2.22. The lowest BCUT2D eigenvalue weighted by atomic mass is 10.3. The fourth-order valence-corrected chi connectivity index (χ4v) is 2.43. The molecule has 0 saturated heterocycles.